The highest BCUT2D eigenvalue weighted by molar-refractivity contribution is 6.00. The zero-order valence-electron chi connectivity index (χ0n) is 19.7. The molecule has 0 aliphatic carbocycles. The number of carbonyl (C=O) groups is 1. The highest BCUT2D eigenvalue weighted by atomic mass is 16.2. The maximum Gasteiger partial charge on any atom is 0.323 e. The summed E-state index contributed by atoms with van der Waals surface area (Å²) in [6.07, 6.45) is 1.71. The van der Waals surface area contributed by atoms with Crippen molar-refractivity contribution in [3.63, 3.8) is 0 Å². The van der Waals surface area contributed by atoms with E-state index in [1.165, 1.54) is 5.56 Å². The smallest absolute Gasteiger partial charge is 0.308 e. The molecule has 5 rings (SSSR count). The van der Waals surface area contributed by atoms with E-state index in [1.54, 1.807) is 10.7 Å². The molecule has 5 aromatic rings. The molecule has 0 saturated carbocycles. The Morgan fingerprint density at radius 3 is 2.34 bits per heavy atom. The molecule has 2 amide bonds. The van der Waals surface area contributed by atoms with Gasteiger partial charge in [-0.1, -0.05) is 51.1 Å². The number of nitrogens with one attached hydrogen (secondary N) is 2. The average Bonchev–Trinajstić information content (AvgIpc) is 3.28. The molecular formula is C27H25N7O. The van der Waals surface area contributed by atoms with Crippen LogP contribution < -0.4 is 10.6 Å². The lowest BCUT2D eigenvalue weighted by Gasteiger charge is -2.19. The zero-order chi connectivity index (χ0) is 24.4. The highest BCUT2D eigenvalue weighted by Gasteiger charge is 2.14. The Hall–Kier alpha value is -4.59. The average molecular weight is 464 g/mol. The summed E-state index contributed by atoms with van der Waals surface area (Å²) in [7, 11) is 0. The van der Waals surface area contributed by atoms with Gasteiger partial charge in [0.2, 0.25) is 5.82 Å². The number of nitrogens with zero attached hydrogens (tertiary/aromatic N) is 5. The molecule has 0 aliphatic rings. The van der Waals surface area contributed by atoms with Crippen molar-refractivity contribution in [3.05, 3.63) is 90.6 Å². The molecular weight excluding hydrogens is 438 g/mol. The largest absolute Gasteiger partial charge is 0.323 e. The van der Waals surface area contributed by atoms with Gasteiger partial charge in [-0.15, -0.1) is 10.2 Å². The summed E-state index contributed by atoms with van der Waals surface area (Å²) in [6, 6.07) is 24.4. The molecule has 174 valence electrons. The minimum atomic E-state index is -0.315. The number of benzene rings is 2. The molecule has 3 aromatic heterocycles. The van der Waals surface area contributed by atoms with E-state index in [1.807, 2.05) is 78.9 Å². The van der Waals surface area contributed by atoms with Crippen LogP contribution in [0.3, 0.4) is 0 Å². The summed E-state index contributed by atoms with van der Waals surface area (Å²) < 4.78 is 1.67. The Morgan fingerprint density at radius 1 is 0.800 bits per heavy atom. The fourth-order valence-electron chi connectivity index (χ4n) is 3.70. The minimum absolute atomic E-state index is 0.0590. The first-order valence-electron chi connectivity index (χ1n) is 11.3. The lowest BCUT2D eigenvalue weighted by Crippen LogP contribution is -2.19. The molecule has 2 N–H and O–H groups in total. The van der Waals surface area contributed by atoms with E-state index in [4.69, 9.17) is 5.10 Å². The Morgan fingerprint density at radius 2 is 1.60 bits per heavy atom. The van der Waals surface area contributed by atoms with Crippen molar-refractivity contribution in [1.82, 2.24) is 24.8 Å². The van der Waals surface area contributed by atoms with Crippen LogP contribution in [0.15, 0.2) is 85.1 Å². The lowest BCUT2D eigenvalue weighted by atomic mass is 9.87. The first kappa shape index (κ1) is 22.2. The second-order valence-corrected chi connectivity index (χ2v) is 9.21. The van der Waals surface area contributed by atoms with E-state index in [0.29, 0.717) is 22.9 Å². The topological polar surface area (TPSA) is 97.1 Å². The van der Waals surface area contributed by atoms with Crippen molar-refractivity contribution in [1.29, 1.82) is 0 Å². The summed E-state index contributed by atoms with van der Waals surface area (Å²) in [5, 5.41) is 18.9. The summed E-state index contributed by atoms with van der Waals surface area (Å²) in [5.74, 6) is 0.564. The monoisotopic (exact) mass is 463 g/mol. The third-order valence-corrected chi connectivity index (χ3v) is 5.58. The number of carbonyl (C=O) groups excluding carboxylic acids is 1. The van der Waals surface area contributed by atoms with E-state index in [2.05, 4.69) is 46.6 Å². The summed E-state index contributed by atoms with van der Waals surface area (Å²) in [6.45, 7) is 6.47. The maximum absolute atomic E-state index is 12.6. The highest BCUT2D eigenvalue weighted by Crippen LogP contribution is 2.25. The predicted octanol–water partition coefficient (Wildman–Crippen LogP) is 5.79. The van der Waals surface area contributed by atoms with Gasteiger partial charge in [0.05, 0.1) is 5.69 Å². The van der Waals surface area contributed by atoms with Crippen LogP contribution in [0.25, 0.3) is 28.4 Å². The van der Waals surface area contributed by atoms with Crippen molar-refractivity contribution in [2.24, 2.45) is 0 Å². The number of pyridine rings is 1. The van der Waals surface area contributed by atoms with Crippen LogP contribution in [-0.2, 0) is 5.41 Å². The summed E-state index contributed by atoms with van der Waals surface area (Å²) >= 11 is 0. The van der Waals surface area contributed by atoms with Crippen molar-refractivity contribution in [3.8, 4) is 22.8 Å². The van der Waals surface area contributed by atoms with Gasteiger partial charge < -0.3 is 10.6 Å². The van der Waals surface area contributed by atoms with Gasteiger partial charge in [-0.25, -0.2) is 4.79 Å². The van der Waals surface area contributed by atoms with Crippen LogP contribution >= 0.6 is 0 Å². The second-order valence-electron chi connectivity index (χ2n) is 9.21. The number of hydrogen-bond donors (Lipinski definition) is 2. The number of aromatic nitrogens is 5. The van der Waals surface area contributed by atoms with Crippen LogP contribution in [0.4, 0.5) is 16.2 Å². The number of urea groups is 1. The van der Waals surface area contributed by atoms with Crippen molar-refractivity contribution < 1.29 is 4.79 Å². The van der Waals surface area contributed by atoms with Crippen LogP contribution in [0.1, 0.15) is 26.3 Å². The van der Waals surface area contributed by atoms with E-state index in [-0.39, 0.29) is 11.4 Å². The Bertz CT molecular complexity index is 1490. The zero-order valence-corrected chi connectivity index (χ0v) is 19.7. The third kappa shape index (κ3) is 4.86. The fraction of sp³-hybridized carbons (Fsp3) is 0.148. The van der Waals surface area contributed by atoms with Crippen LogP contribution in [0, 0.1) is 0 Å². The molecule has 0 atom stereocenters. The SMILES string of the molecule is CC(C)(C)c1ccc(NC(=O)Nc2cccc(-c3ccc4nnc(-c5ccccn5)n4n3)c2)cc1. The molecule has 2 aromatic carbocycles. The van der Waals surface area contributed by atoms with Gasteiger partial charge >= 0.3 is 6.03 Å². The molecule has 0 aliphatic heterocycles. The van der Waals surface area contributed by atoms with Gasteiger partial charge in [-0.05, 0) is 59.5 Å². The van der Waals surface area contributed by atoms with E-state index in [0.717, 1.165) is 16.9 Å². The van der Waals surface area contributed by atoms with Crippen LogP contribution in [0.5, 0.6) is 0 Å². The van der Waals surface area contributed by atoms with Crippen molar-refractivity contribution in [2.75, 3.05) is 10.6 Å². The predicted molar refractivity (Wildman–Crippen MR) is 137 cm³/mol. The van der Waals surface area contributed by atoms with E-state index >= 15 is 0 Å². The molecule has 0 bridgehead atoms. The normalized spacial score (nSPS) is 11.4. The second kappa shape index (κ2) is 8.98. The van der Waals surface area contributed by atoms with E-state index < -0.39 is 0 Å². The maximum atomic E-state index is 12.6. The first-order chi connectivity index (χ1) is 16.9. The van der Waals surface area contributed by atoms with E-state index in [9.17, 15) is 4.79 Å². The van der Waals surface area contributed by atoms with Gasteiger partial charge in [-0.2, -0.15) is 9.61 Å². The molecule has 3 heterocycles. The number of amides is 2. The van der Waals surface area contributed by atoms with Gasteiger partial charge in [-0.3, -0.25) is 4.98 Å². The lowest BCUT2D eigenvalue weighted by molar-refractivity contribution is 0.262. The van der Waals surface area contributed by atoms with Crippen molar-refractivity contribution in [2.45, 2.75) is 26.2 Å². The molecule has 0 saturated heterocycles. The van der Waals surface area contributed by atoms with Crippen LogP contribution in [0.2, 0.25) is 0 Å². The Labute approximate surface area is 203 Å². The summed E-state index contributed by atoms with van der Waals surface area (Å²) in [5.41, 5.74) is 5.53. The Kier molecular flexibility index (Phi) is 5.70. The molecule has 0 unspecified atom stereocenters. The van der Waals surface area contributed by atoms with Gasteiger partial charge in [0, 0.05) is 23.1 Å². The van der Waals surface area contributed by atoms with Crippen molar-refractivity contribution >= 4 is 23.1 Å². The molecule has 0 fully saturated rings. The number of rotatable bonds is 4. The first-order valence-corrected chi connectivity index (χ1v) is 11.3. The number of hydrogen-bond acceptors (Lipinski definition) is 5. The Balaban J connectivity index is 1.35. The number of anilines is 2. The third-order valence-electron chi connectivity index (χ3n) is 5.58. The molecule has 0 radical (unpaired) electrons. The minimum Gasteiger partial charge on any atom is -0.308 e. The number of fused-ring (bicyclic) bond motifs is 1. The fourth-order valence-corrected chi connectivity index (χ4v) is 3.70. The molecule has 8 nitrogen and oxygen atoms in total. The summed E-state index contributed by atoms with van der Waals surface area (Å²) in [4.78, 5) is 16.9. The quantitative estimate of drug-likeness (QED) is 0.351. The molecule has 35 heavy (non-hydrogen) atoms. The standard InChI is InChI=1S/C27H25N7O/c1-27(2,3)19-10-12-20(13-11-19)29-26(35)30-21-8-6-7-18(17-21)22-14-15-24-31-32-25(34(24)33-22)23-9-4-5-16-28-23/h4-17H,1-3H3,(H2,29,30,35). The van der Waals surface area contributed by atoms with Crippen LogP contribution in [-0.4, -0.2) is 30.8 Å². The molecule has 0 spiro atoms. The van der Waals surface area contributed by atoms with Gasteiger partial charge in [0.1, 0.15) is 5.69 Å². The molecule has 8 heteroatoms. The van der Waals surface area contributed by atoms with Gasteiger partial charge in [0.25, 0.3) is 0 Å². The van der Waals surface area contributed by atoms with Gasteiger partial charge in [0.15, 0.2) is 5.65 Å².